The molecule has 4 heteroatoms. The highest BCUT2D eigenvalue weighted by Crippen LogP contribution is 2.32. The van der Waals surface area contributed by atoms with Gasteiger partial charge in [0.25, 0.3) is 0 Å². The van der Waals surface area contributed by atoms with E-state index in [4.69, 9.17) is 11.0 Å². The molecule has 2 N–H and O–H groups in total. The van der Waals surface area contributed by atoms with Crippen LogP contribution in [0.15, 0.2) is 36.4 Å². The lowest BCUT2D eigenvalue weighted by Crippen LogP contribution is -2.29. The van der Waals surface area contributed by atoms with E-state index in [0.29, 0.717) is 17.7 Å². The van der Waals surface area contributed by atoms with Crippen molar-refractivity contribution in [3.8, 4) is 6.07 Å². The minimum absolute atomic E-state index is 0.329. The summed E-state index contributed by atoms with van der Waals surface area (Å²) in [5, 5.41) is 8.79. The number of nitriles is 1. The van der Waals surface area contributed by atoms with Gasteiger partial charge in [-0.3, -0.25) is 0 Å². The molecule has 0 saturated heterocycles. The summed E-state index contributed by atoms with van der Waals surface area (Å²) in [4.78, 5) is 2.15. The highest BCUT2D eigenvalue weighted by molar-refractivity contribution is 5.66. The minimum atomic E-state index is -0.329. The van der Waals surface area contributed by atoms with Crippen molar-refractivity contribution in [1.29, 1.82) is 5.26 Å². The first-order valence-corrected chi connectivity index (χ1v) is 7.00. The number of benzene rings is 2. The second-order valence-corrected chi connectivity index (χ2v) is 5.29. The molecule has 3 nitrogen and oxygen atoms in total. The van der Waals surface area contributed by atoms with Gasteiger partial charge in [0, 0.05) is 30.0 Å². The Morgan fingerprint density at radius 3 is 2.90 bits per heavy atom. The van der Waals surface area contributed by atoms with Crippen LogP contribution in [-0.4, -0.2) is 6.54 Å². The molecule has 0 amide bonds. The Balaban J connectivity index is 1.91. The predicted octanol–water partition coefficient (Wildman–Crippen LogP) is 3.23. The number of rotatable bonds is 2. The van der Waals surface area contributed by atoms with E-state index >= 15 is 0 Å². The zero-order valence-corrected chi connectivity index (χ0v) is 11.6. The first kappa shape index (κ1) is 13.4. The average molecular weight is 281 g/mol. The molecule has 1 aliphatic heterocycles. The highest BCUT2D eigenvalue weighted by Gasteiger charge is 2.19. The Bertz CT molecular complexity index is 718. The molecule has 0 unspecified atom stereocenters. The smallest absolute Gasteiger partial charge is 0.129 e. The zero-order valence-electron chi connectivity index (χ0n) is 11.6. The minimum Gasteiger partial charge on any atom is -0.398 e. The summed E-state index contributed by atoms with van der Waals surface area (Å²) in [6, 6.07) is 12.5. The summed E-state index contributed by atoms with van der Waals surface area (Å²) in [5.41, 5.74) is 10.0. The van der Waals surface area contributed by atoms with Crippen molar-refractivity contribution in [2.45, 2.75) is 19.4 Å². The van der Waals surface area contributed by atoms with E-state index in [1.54, 1.807) is 12.1 Å². The van der Waals surface area contributed by atoms with Crippen molar-refractivity contribution in [3.63, 3.8) is 0 Å². The molecule has 1 heterocycles. The van der Waals surface area contributed by atoms with Crippen LogP contribution in [0.5, 0.6) is 0 Å². The van der Waals surface area contributed by atoms with Gasteiger partial charge in [0.1, 0.15) is 5.82 Å². The SMILES string of the molecule is N#Cc1ccc(CN2CCCc3c(N)cccc32)c(F)c1. The summed E-state index contributed by atoms with van der Waals surface area (Å²) in [5.74, 6) is -0.329. The zero-order chi connectivity index (χ0) is 14.8. The van der Waals surface area contributed by atoms with Gasteiger partial charge in [-0.15, -0.1) is 0 Å². The Morgan fingerprint density at radius 1 is 1.29 bits per heavy atom. The van der Waals surface area contributed by atoms with Crippen molar-refractivity contribution < 1.29 is 4.39 Å². The number of anilines is 2. The number of nitrogens with two attached hydrogens (primary N) is 1. The fourth-order valence-electron chi connectivity index (χ4n) is 2.84. The molecule has 0 radical (unpaired) electrons. The standard InChI is InChI=1S/C17H16FN3/c18-15-9-12(10-19)6-7-13(15)11-21-8-2-3-14-16(20)4-1-5-17(14)21/h1,4-7,9H,2-3,8,11,20H2. The van der Waals surface area contributed by atoms with Crippen molar-refractivity contribution in [1.82, 2.24) is 0 Å². The van der Waals surface area contributed by atoms with Crippen LogP contribution in [0.4, 0.5) is 15.8 Å². The normalized spacial score (nSPS) is 13.6. The second-order valence-electron chi connectivity index (χ2n) is 5.29. The maximum atomic E-state index is 14.0. The Morgan fingerprint density at radius 2 is 2.14 bits per heavy atom. The molecule has 0 aliphatic carbocycles. The molecule has 0 atom stereocenters. The highest BCUT2D eigenvalue weighted by atomic mass is 19.1. The second kappa shape index (κ2) is 5.45. The predicted molar refractivity (Wildman–Crippen MR) is 81.3 cm³/mol. The summed E-state index contributed by atoms with van der Waals surface area (Å²) in [6.45, 7) is 1.38. The molecular formula is C17H16FN3. The Hall–Kier alpha value is -2.54. The van der Waals surface area contributed by atoms with Gasteiger partial charge in [0.05, 0.1) is 11.6 Å². The van der Waals surface area contributed by atoms with Gasteiger partial charge in [0.15, 0.2) is 0 Å². The van der Waals surface area contributed by atoms with Crippen LogP contribution in [0, 0.1) is 17.1 Å². The Kier molecular flexibility index (Phi) is 3.49. The third-order valence-electron chi connectivity index (χ3n) is 3.93. The van der Waals surface area contributed by atoms with Crippen LogP contribution in [-0.2, 0) is 13.0 Å². The topological polar surface area (TPSA) is 53.0 Å². The fourth-order valence-corrected chi connectivity index (χ4v) is 2.84. The number of nitrogen functional groups attached to an aromatic ring is 1. The molecule has 2 aromatic carbocycles. The third-order valence-corrected chi connectivity index (χ3v) is 3.93. The van der Waals surface area contributed by atoms with Crippen LogP contribution < -0.4 is 10.6 Å². The summed E-state index contributed by atoms with van der Waals surface area (Å²) < 4.78 is 14.0. The van der Waals surface area contributed by atoms with E-state index in [2.05, 4.69) is 4.90 Å². The molecule has 0 fully saturated rings. The molecule has 1 aliphatic rings. The number of hydrogen-bond acceptors (Lipinski definition) is 3. The van der Waals surface area contributed by atoms with Gasteiger partial charge in [-0.05, 0) is 42.7 Å². The monoisotopic (exact) mass is 281 g/mol. The van der Waals surface area contributed by atoms with Gasteiger partial charge in [-0.1, -0.05) is 12.1 Å². The molecule has 0 aromatic heterocycles. The molecule has 0 saturated carbocycles. The van der Waals surface area contributed by atoms with E-state index in [0.717, 1.165) is 36.3 Å². The molecule has 0 spiro atoms. The van der Waals surface area contributed by atoms with Gasteiger partial charge >= 0.3 is 0 Å². The molecule has 3 rings (SSSR count). The van der Waals surface area contributed by atoms with Gasteiger partial charge < -0.3 is 10.6 Å². The lowest BCUT2D eigenvalue weighted by molar-refractivity contribution is 0.597. The molecule has 2 aromatic rings. The quantitative estimate of drug-likeness (QED) is 0.860. The van der Waals surface area contributed by atoms with Crippen LogP contribution in [0.1, 0.15) is 23.1 Å². The lowest BCUT2D eigenvalue weighted by Gasteiger charge is -2.32. The van der Waals surface area contributed by atoms with Crippen molar-refractivity contribution in [2.24, 2.45) is 0 Å². The lowest BCUT2D eigenvalue weighted by atomic mass is 9.99. The van der Waals surface area contributed by atoms with E-state index in [-0.39, 0.29) is 5.82 Å². The van der Waals surface area contributed by atoms with Crippen LogP contribution in [0.2, 0.25) is 0 Å². The number of nitrogens with zero attached hydrogens (tertiary/aromatic N) is 2. The maximum Gasteiger partial charge on any atom is 0.129 e. The van der Waals surface area contributed by atoms with E-state index < -0.39 is 0 Å². The van der Waals surface area contributed by atoms with Gasteiger partial charge in [0.2, 0.25) is 0 Å². The van der Waals surface area contributed by atoms with E-state index in [9.17, 15) is 4.39 Å². The first-order valence-electron chi connectivity index (χ1n) is 7.00. The summed E-state index contributed by atoms with van der Waals surface area (Å²) in [6.07, 6.45) is 1.98. The summed E-state index contributed by atoms with van der Waals surface area (Å²) in [7, 11) is 0. The van der Waals surface area contributed by atoms with Crippen LogP contribution in [0.25, 0.3) is 0 Å². The van der Waals surface area contributed by atoms with Gasteiger partial charge in [-0.25, -0.2) is 4.39 Å². The van der Waals surface area contributed by atoms with Crippen LogP contribution >= 0.6 is 0 Å². The van der Waals surface area contributed by atoms with Gasteiger partial charge in [-0.2, -0.15) is 5.26 Å². The first-order chi connectivity index (χ1) is 10.2. The molecule has 0 bridgehead atoms. The average Bonchev–Trinajstić information content (AvgIpc) is 2.50. The van der Waals surface area contributed by atoms with Crippen LogP contribution in [0.3, 0.4) is 0 Å². The van der Waals surface area contributed by atoms with E-state index in [1.807, 2.05) is 24.3 Å². The van der Waals surface area contributed by atoms with Crippen molar-refractivity contribution in [2.75, 3.05) is 17.2 Å². The largest absolute Gasteiger partial charge is 0.398 e. The number of fused-ring (bicyclic) bond motifs is 1. The number of halogens is 1. The summed E-state index contributed by atoms with van der Waals surface area (Å²) >= 11 is 0. The van der Waals surface area contributed by atoms with Crippen molar-refractivity contribution in [3.05, 3.63) is 58.9 Å². The molecule has 106 valence electrons. The Labute approximate surface area is 123 Å². The maximum absolute atomic E-state index is 14.0. The molecule has 21 heavy (non-hydrogen) atoms. The third kappa shape index (κ3) is 2.55. The number of hydrogen-bond donors (Lipinski definition) is 1. The molecular weight excluding hydrogens is 265 g/mol. The fraction of sp³-hybridized carbons (Fsp3) is 0.235. The van der Waals surface area contributed by atoms with E-state index in [1.165, 1.54) is 6.07 Å². The van der Waals surface area contributed by atoms with Crippen molar-refractivity contribution >= 4 is 11.4 Å².